The molecule has 1 aliphatic rings. The molecular weight excluding hydrogens is 201 g/mol. The predicted molar refractivity (Wildman–Crippen MR) is 70.0 cm³/mol. The van der Waals surface area contributed by atoms with Gasteiger partial charge in [0.25, 0.3) is 0 Å². The molecule has 2 rings (SSSR count). The van der Waals surface area contributed by atoms with Crippen molar-refractivity contribution in [1.82, 2.24) is 0 Å². The van der Waals surface area contributed by atoms with Gasteiger partial charge in [0, 0.05) is 13.1 Å². The normalized spacial score (nSPS) is 16.5. The fraction of sp³-hybridized carbons (Fsp3) is 0.600. The number of nitrogens with zero attached hydrogens (tertiary/aromatic N) is 1. The van der Waals surface area contributed by atoms with Gasteiger partial charge in [-0.25, -0.2) is 0 Å². The molecule has 0 N–H and O–H groups in total. The van der Waals surface area contributed by atoms with Crippen molar-refractivity contribution in [3.05, 3.63) is 29.8 Å². The summed E-state index contributed by atoms with van der Waals surface area (Å²) in [6.07, 6.45) is 4.04. The Hall–Kier alpha value is -0.383. The van der Waals surface area contributed by atoms with Gasteiger partial charge in [0.15, 0.2) is 0 Å². The van der Waals surface area contributed by atoms with Crippen molar-refractivity contribution >= 4 is 5.69 Å². The Morgan fingerprint density at radius 3 is 2.29 bits per heavy atom. The summed E-state index contributed by atoms with van der Waals surface area (Å²) in [7, 11) is 0. The fourth-order valence-electron chi connectivity index (χ4n) is 2.21. The molecule has 1 nitrogen and oxygen atoms in total. The van der Waals surface area contributed by atoms with Crippen LogP contribution in [0.2, 0.25) is 0 Å². The van der Waals surface area contributed by atoms with Crippen LogP contribution < -0.4 is 23.8 Å². The maximum atomic E-state index is 3.58. The zero-order valence-electron chi connectivity index (χ0n) is 11.7. The summed E-state index contributed by atoms with van der Waals surface area (Å²) in [5.74, 6) is 0. The number of anilines is 1. The van der Waals surface area contributed by atoms with Gasteiger partial charge >= 0.3 is 18.9 Å². The monoisotopic (exact) mass is 223 g/mol. The van der Waals surface area contributed by atoms with Crippen LogP contribution in [0.4, 0.5) is 5.69 Å². The van der Waals surface area contributed by atoms with Gasteiger partial charge in [-0.2, -0.15) is 23.8 Å². The second-order valence-corrected chi connectivity index (χ2v) is 5.75. The average Bonchev–Trinajstić information content (AvgIpc) is 2.29. The Morgan fingerprint density at radius 1 is 1.06 bits per heavy atom. The first-order chi connectivity index (χ1) is 7.57. The molecule has 0 saturated carbocycles. The molecule has 0 bridgehead atoms. The molecule has 2 heteroatoms. The molecule has 1 heterocycles. The molecule has 0 radical (unpaired) electrons. The molecule has 17 heavy (non-hydrogen) atoms. The van der Waals surface area contributed by atoms with Gasteiger partial charge in [-0.3, -0.25) is 0 Å². The van der Waals surface area contributed by atoms with E-state index in [-0.39, 0.29) is 24.3 Å². The Balaban J connectivity index is 0.00000144. The summed E-state index contributed by atoms with van der Waals surface area (Å²) in [4.78, 5) is 2.47. The largest absolute Gasteiger partial charge is 1.00 e. The van der Waals surface area contributed by atoms with Crippen molar-refractivity contribution < 1.29 is 18.9 Å². The minimum absolute atomic E-state index is 0. The van der Waals surface area contributed by atoms with Gasteiger partial charge in [-0.1, -0.05) is 26.5 Å². The van der Waals surface area contributed by atoms with Crippen LogP contribution in [0, 0.1) is 6.07 Å². The molecule has 0 spiro atoms. The van der Waals surface area contributed by atoms with Crippen molar-refractivity contribution in [3.63, 3.8) is 0 Å². The Labute approximate surface area is 118 Å². The Bertz CT molecular complexity index is 348. The van der Waals surface area contributed by atoms with E-state index in [2.05, 4.69) is 49.9 Å². The first-order valence-corrected chi connectivity index (χ1v) is 6.35. The first kappa shape index (κ1) is 14.7. The van der Waals surface area contributed by atoms with Crippen LogP contribution in [-0.4, -0.2) is 13.1 Å². The van der Waals surface area contributed by atoms with E-state index in [1.165, 1.54) is 43.6 Å². The van der Waals surface area contributed by atoms with Crippen LogP contribution >= 0.6 is 0 Å². The van der Waals surface area contributed by atoms with Gasteiger partial charge in [-0.15, -0.1) is 6.07 Å². The first-order valence-electron chi connectivity index (χ1n) is 6.35. The molecule has 0 aliphatic carbocycles. The quantitative estimate of drug-likeness (QED) is 0.502. The zero-order valence-corrected chi connectivity index (χ0v) is 11.7. The third-order valence-corrected chi connectivity index (χ3v) is 3.28. The smallest absolute Gasteiger partial charge is 0.394 e. The standard InChI is InChI=1S/C15H22N.Li/c1-15(2,3)13-8-7-9-14(12-13)16-10-5-4-6-11-16;/h7-9H,4-6,10-11H2,1-3H3;/q-1;+1. The van der Waals surface area contributed by atoms with Crippen molar-refractivity contribution in [3.8, 4) is 0 Å². The third kappa shape index (κ3) is 3.80. The number of rotatable bonds is 1. The zero-order chi connectivity index (χ0) is 11.6. The van der Waals surface area contributed by atoms with Crippen molar-refractivity contribution in [2.75, 3.05) is 18.0 Å². The molecule has 1 fully saturated rings. The van der Waals surface area contributed by atoms with E-state index < -0.39 is 0 Å². The molecule has 0 aromatic heterocycles. The second-order valence-electron chi connectivity index (χ2n) is 5.75. The molecule has 0 amide bonds. The van der Waals surface area contributed by atoms with Gasteiger partial charge < -0.3 is 4.90 Å². The molecule has 0 atom stereocenters. The molecular formula is C15H22LiN. The maximum Gasteiger partial charge on any atom is 1.00 e. The summed E-state index contributed by atoms with van der Waals surface area (Å²) in [5, 5.41) is 0. The predicted octanol–water partition coefficient (Wildman–Crippen LogP) is 0.779. The Morgan fingerprint density at radius 2 is 1.71 bits per heavy atom. The number of benzene rings is 1. The number of hydrogen-bond donors (Lipinski definition) is 0. The van der Waals surface area contributed by atoms with Gasteiger partial charge in [-0.05, 0) is 24.7 Å². The SMILES string of the molecule is CC(C)(C)c1[c-]c(N2CCCCC2)ccc1.[Li+]. The maximum absolute atomic E-state index is 3.58. The van der Waals surface area contributed by atoms with E-state index in [4.69, 9.17) is 0 Å². The fourth-order valence-corrected chi connectivity index (χ4v) is 2.21. The molecule has 0 unspecified atom stereocenters. The second kappa shape index (κ2) is 5.98. The van der Waals surface area contributed by atoms with Crippen molar-refractivity contribution in [1.29, 1.82) is 0 Å². The molecule has 88 valence electrons. The van der Waals surface area contributed by atoms with Gasteiger partial charge in [0.1, 0.15) is 0 Å². The van der Waals surface area contributed by atoms with Crippen molar-refractivity contribution in [2.24, 2.45) is 0 Å². The van der Waals surface area contributed by atoms with Crippen molar-refractivity contribution in [2.45, 2.75) is 45.4 Å². The van der Waals surface area contributed by atoms with Crippen LogP contribution in [0.1, 0.15) is 45.6 Å². The van der Waals surface area contributed by atoms with Crippen LogP contribution in [0.15, 0.2) is 18.2 Å². The van der Waals surface area contributed by atoms with Crippen LogP contribution in [0.5, 0.6) is 0 Å². The average molecular weight is 223 g/mol. The summed E-state index contributed by atoms with van der Waals surface area (Å²) in [6, 6.07) is 10.1. The summed E-state index contributed by atoms with van der Waals surface area (Å²) < 4.78 is 0. The van der Waals surface area contributed by atoms with E-state index in [0.29, 0.717) is 0 Å². The molecule has 1 aromatic rings. The van der Waals surface area contributed by atoms with E-state index in [1.807, 2.05) is 0 Å². The third-order valence-electron chi connectivity index (χ3n) is 3.28. The summed E-state index contributed by atoms with van der Waals surface area (Å²) in [6.45, 7) is 9.14. The Kier molecular flexibility index (Phi) is 5.17. The van der Waals surface area contributed by atoms with Gasteiger partial charge in [0.2, 0.25) is 0 Å². The van der Waals surface area contributed by atoms with Crippen LogP contribution in [-0.2, 0) is 5.41 Å². The van der Waals surface area contributed by atoms with E-state index in [1.54, 1.807) is 0 Å². The van der Waals surface area contributed by atoms with E-state index in [9.17, 15) is 0 Å². The number of hydrogen-bond acceptors (Lipinski definition) is 1. The number of piperidine rings is 1. The molecule has 1 aliphatic heterocycles. The summed E-state index contributed by atoms with van der Waals surface area (Å²) in [5.41, 5.74) is 2.80. The van der Waals surface area contributed by atoms with Crippen LogP contribution in [0.3, 0.4) is 0 Å². The summed E-state index contributed by atoms with van der Waals surface area (Å²) >= 11 is 0. The van der Waals surface area contributed by atoms with E-state index in [0.717, 1.165) is 0 Å². The molecule has 1 saturated heterocycles. The van der Waals surface area contributed by atoms with E-state index >= 15 is 0 Å². The topological polar surface area (TPSA) is 3.24 Å². The van der Waals surface area contributed by atoms with Crippen LogP contribution in [0.25, 0.3) is 0 Å². The molecule has 1 aromatic carbocycles. The minimum atomic E-state index is 0. The minimum Gasteiger partial charge on any atom is -0.394 e. The van der Waals surface area contributed by atoms with Gasteiger partial charge in [0.05, 0.1) is 0 Å².